The molecule has 0 atom stereocenters. The van der Waals surface area contributed by atoms with Crippen molar-refractivity contribution in [1.29, 1.82) is 0 Å². The van der Waals surface area contributed by atoms with E-state index in [1.54, 1.807) is 11.8 Å². The van der Waals surface area contributed by atoms with Crippen LogP contribution in [0, 0.1) is 6.92 Å². The smallest absolute Gasteiger partial charge is 0.0545 e. The lowest BCUT2D eigenvalue weighted by Gasteiger charge is -2.08. The highest BCUT2D eigenvalue weighted by Crippen LogP contribution is 2.34. The van der Waals surface area contributed by atoms with Crippen LogP contribution < -0.4 is 5.73 Å². The van der Waals surface area contributed by atoms with Crippen LogP contribution in [0.1, 0.15) is 11.1 Å². The minimum atomic E-state index is 0.581. The zero-order chi connectivity index (χ0) is 12.3. The van der Waals surface area contributed by atoms with Gasteiger partial charge in [0.25, 0.3) is 0 Å². The molecule has 0 unspecified atom stereocenters. The number of halogens is 1. The molecule has 0 aromatic heterocycles. The summed E-state index contributed by atoms with van der Waals surface area (Å²) in [6.07, 6.45) is 0. The maximum Gasteiger partial charge on any atom is 0.0545 e. The van der Waals surface area contributed by atoms with Gasteiger partial charge < -0.3 is 5.73 Å². The van der Waals surface area contributed by atoms with Crippen molar-refractivity contribution in [3.05, 3.63) is 58.6 Å². The van der Waals surface area contributed by atoms with Crippen molar-refractivity contribution >= 4 is 23.4 Å². The molecule has 0 saturated heterocycles. The first-order valence-corrected chi connectivity index (χ1v) is 6.62. The fourth-order valence-electron chi connectivity index (χ4n) is 1.60. The summed E-state index contributed by atoms with van der Waals surface area (Å²) in [5, 5.41) is 0.791. The Kier molecular flexibility index (Phi) is 4.11. The van der Waals surface area contributed by atoms with Crippen LogP contribution >= 0.6 is 23.4 Å². The first-order valence-electron chi connectivity index (χ1n) is 5.42. The number of hydrogen-bond donors (Lipinski definition) is 1. The Balaban J connectivity index is 2.28. The van der Waals surface area contributed by atoms with E-state index >= 15 is 0 Å². The Hall–Kier alpha value is -0.960. The monoisotopic (exact) mass is 263 g/mol. The molecule has 3 heteroatoms. The van der Waals surface area contributed by atoms with E-state index in [0.29, 0.717) is 6.54 Å². The van der Waals surface area contributed by atoms with Gasteiger partial charge in [0.1, 0.15) is 0 Å². The lowest BCUT2D eigenvalue weighted by atomic mass is 10.1. The van der Waals surface area contributed by atoms with Crippen molar-refractivity contribution in [2.24, 2.45) is 5.73 Å². The number of nitrogens with two attached hydrogens (primary N) is 1. The van der Waals surface area contributed by atoms with Crippen LogP contribution in [0.2, 0.25) is 5.02 Å². The Morgan fingerprint density at radius 2 is 1.88 bits per heavy atom. The second-order valence-electron chi connectivity index (χ2n) is 3.84. The topological polar surface area (TPSA) is 26.0 Å². The molecule has 88 valence electrons. The highest BCUT2D eigenvalue weighted by Gasteiger charge is 2.04. The van der Waals surface area contributed by atoms with Gasteiger partial charge in [-0.1, -0.05) is 47.6 Å². The van der Waals surface area contributed by atoms with E-state index in [-0.39, 0.29) is 0 Å². The van der Waals surface area contributed by atoms with Gasteiger partial charge in [0, 0.05) is 16.3 Å². The SMILES string of the molecule is Cc1cc(CN)ccc1Sc1ccccc1Cl. The highest BCUT2D eigenvalue weighted by molar-refractivity contribution is 7.99. The third-order valence-electron chi connectivity index (χ3n) is 2.53. The molecule has 2 aromatic rings. The Labute approximate surface area is 111 Å². The molecule has 0 radical (unpaired) electrons. The minimum Gasteiger partial charge on any atom is -0.326 e. The van der Waals surface area contributed by atoms with Crippen LogP contribution in [0.4, 0.5) is 0 Å². The summed E-state index contributed by atoms with van der Waals surface area (Å²) in [5.41, 5.74) is 8.01. The Morgan fingerprint density at radius 1 is 1.12 bits per heavy atom. The second-order valence-corrected chi connectivity index (χ2v) is 5.33. The number of benzene rings is 2. The van der Waals surface area contributed by atoms with Gasteiger partial charge in [-0.3, -0.25) is 0 Å². The quantitative estimate of drug-likeness (QED) is 0.896. The zero-order valence-electron chi connectivity index (χ0n) is 9.61. The van der Waals surface area contributed by atoms with Crippen molar-refractivity contribution in [2.45, 2.75) is 23.3 Å². The van der Waals surface area contributed by atoms with Gasteiger partial charge in [0.05, 0.1) is 5.02 Å². The van der Waals surface area contributed by atoms with Gasteiger partial charge in [0.15, 0.2) is 0 Å². The molecule has 2 rings (SSSR count). The summed E-state index contributed by atoms with van der Waals surface area (Å²) in [5.74, 6) is 0. The van der Waals surface area contributed by atoms with Gasteiger partial charge >= 0.3 is 0 Å². The summed E-state index contributed by atoms with van der Waals surface area (Å²) in [7, 11) is 0. The molecule has 0 amide bonds. The fourth-order valence-corrected chi connectivity index (χ4v) is 2.76. The summed E-state index contributed by atoms with van der Waals surface area (Å²) in [6, 6.07) is 14.2. The van der Waals surface area contributed by atoms with Gasteiger partial charge in [0.2, 0.25) is 0 Å². The molecular weight excluding hydrogens is 250 g/mol. The molecule has 0 spiro atoms. The van der Waals surface area contributed by atoms with E-state index in [0.717, 1.165) is 15.5 Å². The average Bonchev–Trinajstić information content (AvgIpc) is 2.34. The molecule has 0 aliphatic rings. The van der Waals surface area contributed by atoms with E-state index in [2.05, 4.69) is 25.1 Å². The maximum atomic E-state index is 6.14. The third-order valence-corrected chi connectivity index (χ3v) is 4.23. The molecule has 0 aliphatic heterocycles. The van der Waals surface area contributed by atoms with Gasteiger partial charge in [-0.15, -0.1) is 0 Å². The Bertz CT molecular complexity index is 525. The van der Waals surface area contributed by atoms with Gasteiger partial charge in [-0.2, -0.15) is 0 Å². The molecule has 0 fully saturated rings. The molecule has 1 nitrogen and oxygen atoms in total. The lowest BCUT2D eigenvalue weighted by molar-refractivity contribution is 1.06. The molecule has 0 saturated carbocycles. The highest BCUT2D eigenvalue weighted by atomic mass is 35.5. The van der Waals surface area contributed by atoms with Crippen molar-refractivity contribution < 1.29 is 0 Å². The average molecular weight is 264 g/mol. The predicted octanol–water partition coefficient (Wildman–Crippen LogP) is 4.26. The third kappa shape index (κ3) is 3.03. The Morgan fingerprint density at radius 3 is 2.53 bits per heavy atom. The summed E-state index contributed by atoms with van der Waals surface area (Å²) in [6.45, 7) is 2.68. The fraction of sp³-hybridized carbons (Fsp3) is 0.143. The summed E-state index contributed by atoms with van der Waals surface area (Å²) in [4.78, 5) is 2.30. The normalized spacial score (nSPS) is 10.5. The lowest BCUT2D eigenvalue weighted by Crippen LogP contribution is -1.96. The van der Waals surface area contributed by atoms with Crippen LogP contribution in [0.3, 0.4) is 0 Å². The molecule has 0 bridgehead atoms. The molecule has 0 heterocycles. The minimum absolute atomic E-state index is 0.581. The molecular formula is C14H14ClNS. The summed E-state index contributed by atoms with van der Waals surface area (Å²) < 4.78 is 0. The van der Waals surface area contributed by atoms with Crippen LogP contribution in [0.25, 0.3) is 0 Å². The van der Waals surface area contributed by atoms with Crippen LogP contribution in [0.5, 0.6) is 0 Å². The van der Waals surface area contributed by atoms with E-state index in [1.165, 1.54) is 10.5 Å². The van der Waals surface area contributed by atoms with Crippen LogP contribution in [-0.4, -0.2) is 0 Å². The second kappa shape index (κ2) is 5.58. The van der Waals surface area contributed by atoms with Gasteiger partial charge in [-0.25, -0.2) is 0 Å². The van der Waals surface area contributed by atoms with Crippen molar-refractivity contribution in [2.75, 3.05) is 0 Å². The number of hydrogen-bond acceptors (Lipinski definition) is 2. The van der Waals surface area contributed by atoms with E-state index in [1.807, 2.05) is 24.3 Å². The standard InChI is InChI=1S/C14H14ClNS/c1-10-8-11(9-16)6-7-13(10)17-14-5-3-2-4-12(14)15/h2-8H,9,16H2,1H3. The van der Waals surface area contributed by atoms with E-state index in [4.69, 9.17) is 17.3 Å². The zero-order valence-corrected chi connectivity index (χ0v) is 11.2. The number of aryl methyl sites for hydroxylation is 1. The molecule has 2 N–H and O–H groups in total. The van der Waals surface area contributed by atoms with Gasteiger partial charge in [-0.05, 0) is 36.2 Å². The van der Waals surface area contributed by atoms with E-state index < -0.39 is 0 Å². The first kappa shape index (κ1) is 12.5. The van der Waals surface area contributed by atoms with Crippen LogP contribution in [0.15, 0.2) is 52.3 Å². The van der Waals surface area contributed by atoms with Crippen molar-refractivity contribution in [3.63, 3.8) is 0 Å². The molecule has 17 heavy (non-hydrogen) atoms. The predicted molar refractivity (Wildman–Crippen MR) is 74.6 cm³/mol. The van der Waals surface area contributed by atoms with E-state index in [9.17, 15) is 0 Å². The molecule has 0 aliphatic carbocycles. The summed E-state index contributed by atoms with van der Waals surface area (Å²) >= 11 is 7.83. The van der Waals surface area contributed by atoms with Crippen LogP contribution in [-0.2, 0) is 6.54 Å². The first-order chi connectivity index (χ1) is 8.20. The van der Waals surface area contributed by atoms with Crippen molar-refractivity contribution in [3.8, 4) is 0 Å². The largest absolute Gasteiger partial charge is 0.326 e. The number of rotatable bonds is 3. The molecule has 2 aromatic carbocycles. The maximum absolute atomic E-state index is 6.14. The van der Waals surface area contributed by atoms with Crippen molar-refractivity contribution in [1.82, 2.24) is 0 Å².